The van der Waals surface area contributed by atoms with Crippen molar-refractivity contribution in [3.8, 4) is 0 Å². The van der Waals surface area contributed by atoms with Gasteiger partial charge >= 0.3 is 0 Å². The van der Waals surface area contributed by atoms with Crippen LogP contribution < -0.4 is 5.32 Å². The molecule has 20 heavy (non-hydrogen) atoms. The zero-order valence-corrected chi connectivity index (χ0v) is 12.5. The fourth-order valence-corrected chi connectivity index (χ4v) is 2.85. The second kappa shape index (κ2) is 8.63. The van der Waals surface area contributed by atoms with E-state index in [9.17, 15) is 9.90 Å². The van der Waals surface area contributed by atoms with Gasteiger partial charge in [0.05, 0.1) is 12.7 Å². The largest absolute Gasteiger partial charge is 0.389 e. The summed E-state index contributed by atoms with van der Waals surface area (Å²) in [7, 11) is 0. The minimum absolute atomic E-state index is 0.0816. The van der Waals surface area contributed by atoms with Crippen molar-refractivity contribution in [3.63, 3.8) is 0 Å². The van der Waals surface area contributed by atoms with Crippen molar-refractivity contribution in [2.75, 3.05) is 19.8 Å². The molecular formula is C16H29NO3. The number of amides is 1. The summed E-state index contributed by atoms with van der Waals surface area (Å²) >= 11 is 0. The Kier molecular flexibility index (Phi) is 6.80. The maximum Gasteiger partial charge on any atom is 0.220 e. The second-order valence-electron chi connectivity index (χ2n) is 6.50. The molecule has 0 bridgehead atoms. The highest BCUT2D eigenvalue weighted by Crippen LogP contribution is 2.28. The summed E-state index contributed by atoms with van der Waals surface area (Å²) in [6, 6.07) is 0. The van der Waals surface area contributed by atoms with Crippen LogP contribution in [0.15, 0.2) is 0 Å². The van der Waals surface area contributed by atoms with Gasteiger partial charge in [0.25, 0.3) is 0 Å². The maximum atomic E-state index is 11.9. The Hall–Kier alpha value is -0.610. The molecule has 0 spiro atoms. The quantitative estimate of drug-likeness (QED) is 0.672. The molecule has 2 saturated carbocycles. The van der Waals surface area contributed by atoms with Crippen molar-refractivity contribution in [2.24, 2.45) is 11.8 Å². The number of hydrogen-bond donors (Lipinski definition) is 2. The molecule has 2 N–H and O–H groups in total. The van der Waals surface area contributed by atoms with E-state index in [0.717, 1.165) is 6.61 Å². The molecule has 0 aromatic heterocycles. The van der Waals surface area contributed by atoms with Crippen LogP contribution >= 0.6 is 0 Å². The Morgan fingerprint density at radius 2 is 1.80 bits per heavy atom. The molecule has 2 fully saturated rings. The highest BCUT2D eigenvalue weighted by atomic mass is 16.5. The predicted octanol–water partition coefficient (Wildman–Crippen LogP) is 2.25. The van der Waals surface area contributed by atoms with E-state index in [1.165, 1.54) is 51.4 Å². The van der Waals surface area contributed by atoms with Gasteiger partial charge in [0.1, 0.15) is 0 Å². The van der Waals surface area contributed by atoms with Gasteiger partial charge in [-0.3, -0.25) is 4.79 Å². The molecule has 4 nitrogen and oxygen atoms in total. The SMILES string of the molecule is O=C(CC1CCCCCC1)NC[C@@H](O)COCC1CC1. The van der Waals surface area contributed by atoms with Crippen LogP contribution in [-0.4, -0.2) is 36.9 Å². The molecule has 0 saturated heterocycles. The van der Waals surface area contributed by atoms with E-state index < -0.39 is 6.10 Å². The van der Waals surface area contributed by atoms with Crippen molar-refractivity contribution in [3.05, 3.63) is 0 Å². The average molecular weight is 283 g/mol. The first kappa shape index (κ1) is 15.8. The number of rotatable bonds is 8. The Labute approximate surface area is 122 Å². The molecule has 2 aliphatic carbocycles. The van der Waals surface area contributed by atoms with Crippen molar-refractivity contribution in [2.45, 2.75) is 63.9 Å². The van der Waals surface area contributed by atoms with Gasteiger partial charge in [0, 0.05) is 19.6 Å². The lowest BCUT2D eigenvalue weighted by molar-refractivity contribution is -0.122. The van der Waals surface area contributed by atoms with Crippen LogP contribution in [0.1, 0.15) is 57.8 Å². The van der Waals surface area contributed by atoms with E-state index in [2.05, 4.69) is 5.32 Å². The summed E-state index contributed by atoms with van der Waals surface area (Å²) in [5.41, 5.74) is 0. The summed E-state index contributed by atoms with van der Waals surface area (Å²) in [6.07, 6.45) is 10.1. The molecule has 4 heteroatoms. The molecule has 0 aromatic carbocycles. The van der Waals surface area contributed by atoms with E-state index >= 15 is 0 Å². The molecule has 0 aliphatic heterocycles. The first-order chi connectivity index (χ1) is 9.74. The Bertz CT molecular complexity index is 283. The first-order valence-electron chi connectivity index (χ1n) is 8.26. The van der Waals surface area contributed by atoms with Crippen LogP contribution in [0.4, 0.5) is 0 Å². The Morgan fingerprint density at radius 1 is 1.10 bits per heavy atom. The van der Waals surface area contributed by atoms with Crippen LogP contribution in [0.2, 0.25) is 0 Å². The number of ether oxygens (including phenoxy) is 1. The third kappa shape index (κ3) is 6.71. The number of aliphatic hydroxyl groups is 1. The fraction of sp³-hybridized carbons (Fsp3) is 0.938. The Balaban J connectivity index is 1.51. The van der Waals surface area contributed by atoms with Gasteiger partial charge in [-0.05, 0) is 37.5 Å². The molecule has 0 radical (unpaired) electrons. The highest BCUT2D eigenvalue weighted by molar-refractivity contribution is 5.76. The first-order valence-corrected chi connectivity index (χ1v) is 8.26. The summed E-state index contributed by atoms with van der Waals surface area (Å²) < 4.78 is 5.42. The maximum absolute atomic E-state index is 11.9. The number of nitrogens with one attached hydrogen (secondary N) is 1. The molecule has 0 aromatic rings. The number of carbonyl (C=O) groups is 1. The van der Waals surface area contributed by atoms with Gasteiger partial charge in [-0.15, -0.1) is 0 Å². The zero-order valence-electron chi connectivity index (χ0n) is 12.5. The highest BCUT2D eigenvalue weighted by Gasteiger charge is 2.21. The third-order valence-electron chi connectivity index (χ3n) is 4.34. The van der Waals surface area contributed by atoms with Gasteiger partial charge in [0.2, 0.25) is 5.91 Å². The van der Waals surface area contributed by atoms with Crippen LogP contribution in [0.5, 0.6) is 0 Å². The lowest BCUT2D eigenvalue weighted by atomic mass is 9.96. The minimum Gasteiger partial charge on any atom is -0.389 e. The molecule has 116 valence electrons. The van der Waals surface area contributed by atoms with E-state index in [4.69, 9.17) is 4.74 Å². The molecule has 2 aliphatic rings. The molecule has 1 amide bonds. The van der Waals surface area contributed by atoms with Crippen molar-refractivity contribution in [1.82, 2.24) is 5.32 Å². The average Bonchev–Trinajstić information content (AvgIpc) is 3.24. The van der Waals surface area contributed by atoms with E-state index in [1.54, 1.807) is 0 Å². The third-order valence-corrected chi connectivity index (χ3v) is 4.34. The summed E-state index contributed by atoms with van der Waals surface area (Å²) in [4.78, 5) is 11.9. The zero-order chi connectivity index (χ0) is 14.2. The summed E-state index contributed by atoms with van der Waals surface area (Å²) in [5, 5.41) is 12.6. The van der Waals surface area contributed by atoms with Crippen molar-refractivity contribution >= 4 is 5.91 Å². The van der Waals surface area contributed by atoms with Gasteiger partial charge in [-0.1, -0.05) is 25.7 Å². The molecule has 0 unspecified atom stereocenters. The van der Waals surface area contributed by atoms with Gasteiger partial charge in [-0.2, -0.15) is 0 Å². The molecule has 1 atom stereocenters. The van der Waals surface area contributed by atoms with Gasteiger partial charge < -0.3 is 15.2 Å². The van der Waals surface area contributed by atoms with Crippen LogP contribution in [0.25, 0.3) is 0 Å². The molecule has 0 heterocycles. The van der Waals surface area contributed by atoms with Crippen LogP contribution in [0.3, 0.4) is 0 Å². The van der Waals surface area contributed by atoms with Crippen molar-refractivity contribution < 1.29 is 14.6 Å². The lowest BCUT2D eigenvalue weighted by Crippen LogP contribution is -2.35. The van der Waals surface area contributed by atoms with Crippen LogP contribution in [-0.2, 0) is 9.53 Å². The standard InChI is InChI=1S/C16H29NO3/c18-15(12-20-11-14-7-8-14)10-17-16(19)9-13-5-3-1-2-4-6-13/h13-15,18H,1-12H2,(H,17,19)/t15-/m1/s1. The summed E-state index contributed by atoms with van der Waals surface area (Å²) in [5.74, 6) is 1.34. The molecular weight excluding hydrogens is 254 g/mol. The lowest BCUT2D eigenvalue weighted by Gasteiger charge is -2.15. The topological polar surface area (TPSA) is 58.6 Å². The number of aliphatic hydroxyl groups excluding tert-OH is 1. The predicted molar refractivity (Wildman–Crippen MR) is 78.4 cm³/mol. The van der Waals surface area contributed by atoms with E-state index in [0.29, 0.717) is 31.4 Å². The van der Waals surface area contributed by atoms with Crippen molar-refractivity contribution in [1.29, 1.82) is 0 Å². The number of hydrogen-bond acceptors (Lipinski definition) is 3. The monoisotopic (exact) mass is 283 g/mol. The van der Waals surface area contributed by atoms with E-state index in [-0.39, 0.29) is 5.91 Å². The normalized spacial score (nSPS) is 22.2. The van der Waals surface area contributed by atoms with Gasteiger partial charge in [0.15, 0.2) is 0 Å². The molecule has 2 rings (SSSR count). The van der Waals surface area contributed by atoms with Gasteiger partial charge in [-0.25, -0.2) is 0 Å². The summed E-state index contributed by atoms with van der Waals surface area (Å²) in [6.45, 7) is 1.41. The second-order valence-corrected chi connectivity index (χ2v) is 6.50. The Morgan fingerprint density at radius 3 is 2.45 bits per heavy atom. The minimum atomic E-state index is -0.577. The number of carbonyl (C=O) groups excluding carboxylic acids is 1. The van der Waals surface area contributed by atoms with E-state index in [1.807, 2.05) is 0 Å². The fourth-order valence-electron chi connectivity index (χ4n) is 2.85. The smallest absolute Gasteiger partial charge is 0.220 e. The van der Waals surface area contributed by atoms with Crippen LogP contribution in [0, 0.1) is 11.8 Å².